The van der Waals surface area contributed by atoms with E-state index in [1.807, 2.05) is 85.0 Å². The van der Waals surface area contributed by atoms with Gasteiger partial charge in [0.1, 0.15) is 0 Å². The first kappa shape index (κ1) is 246. The first-order valence-electron chi connectivity index (χ1n) is 55.7. The van der Waals surface area contributed by atoms with Crippen LogP contribution in [0.15, 0.2) is 337 Å². The molecule has 530 valence electrons. The van der Waals surface area contributed by atoms with Gasteiger partial charge in [-0.15, -0.1) is 0 Å². The third-order valence-corrected chi connectivity index (χ3v) is 17.9. The van der Waals surface area contributed by atoms with Gasteiger partial charge in [-0.05, 0) is 163 Å². The zero-order chi connectivity index (χ0) is 114. The molecule has 15 rings (SSSR count). The fourth-order valence-electron chi connectivity index (χ4n) is 11.4. The normalized spacial score (nSPS) is 8.50. The van der Waals surface area contributed by atoms with Gasteiger partial charge in [-0.2, -0.15) is 0 Å². The summed E-state index contributed by atoms with van der Waals surface area (Å²) in [5, 5.41) is 17.3. The van der Waals surface area contributed by atoms with Crippen LogP contribution in [-0.4, -0.2) is 1490 Å². The van der Waals surface area contributed by atoms with Crippen LogP contribution >= 0.6 is 31.9 Å². The third-order valence-electron chi connectivity index (χ3n) is 16.3. The number of rotatable bonds is 9. The Morgan fingerprint density at radius 3 is 0.755 bits per heavy atom. The molecule has 0 saturated carbocycles. The van der Waals surface area contributed by atoms with E-state index in [1.165, 1.54) is 1530 Å². The standard InChI is InChI=1S/C26H20O.2C22H18O.C14H9Br.C10H7Br.48K.2H/c1-27-18-8-13-20-9-2-3-10-21(20)16-17-26-24-14-6-4-11-22(24)19-23-12-5-7-15-25(23)26;1-23-17-7-13-18-8-2-3-9-19(18)15-16-21-12-6-11-20-10-4-5-14-22(20)21;1-23-16-6-11-19-7-2-3-8-20(19)14-12-18-13-15-21-9-4-5-10-22(21)17-18;15-14-12-7-3-1-5-10(12)9-11-6-2-4-8-13(11)14;11-10-7-3-5-8-4-1-2-6-9(8)10;;;;;;;;;;;;;;;;;;;;;;;;;;;;;;;;;;;;;;;;;;;;;;;;;;/h2-15,19H,18H2,1H3;2-14H,17H2,1H3;2-11,13,15,17H,16H2,1H3;1-9H;1-7H;;;;;;;;;;;;;;;;;;;;;;;;;;;;;;;;;;;;;;;;;;;;;;;;;;/q;;;;;;;;;;;;;;;;;;;;;;;;;;;;;;;;;;;;;;;;;;;;;;;;;;;2*+1;2*-1/b13-8+;13-7+;11-6+;;;;;;;;;;;;;;;;;;;;;;;;;;;;;;;;;;;;;;;;;;;;;;;;;;;;. The fourth-order valence-corrected chi connectivity index (χ4v) is 12.6. The summed E-state index contributed by atoms with van der Waals surface area (Å²) in [6.07, 6.45) is 12.2. The van der Waals surface area contributed by atoms with Gasteiger partial charge in [0.15, 0.2) is 0 Å². The van der Waals surface area contributed by atoms with E-state index in [4.69, 9.17) is 14.2 Å². The van der Waals surface area contributed by atoms with Gasteiger partial charge in [0.25, 0.3) is 0 Å². The minimum absolute atomic E-state index is 0. The van der Waals surface area contributed by atoms with Crippen molar-refractivity contribution in [3.8, 4) is 35.5 Å². The molecular formula is C94H74Br2K48O3. The predicted octanol–water partition coefficient (Wildman–Crippen LogP) is 0.925. The monoisotopic (exact) mass is 3280 g/mol. The van der Waals surface area contributed by atoms with E-state index in [9.17, 15) is 0 Å². The topological polar surface area (TPSA) is 27.7 Å². The summed E-state index contributed by atoms with van der Waals surface area (Å²) in [7, 11) is 5.08. The summed E-state index contributed by atoms with van der Waals surface area (Å²) in [5.41, 5.74) is 9.54. The van der Waals surface area contributed by atoms with Gasteiger partial charge in [-0.3, -0.25) is 0 Å². The van der Waals surface area contributed by atoms with Crippen LogP contribution in [0, 0.1) is 35.5 Å². The zero-order valence-corrected chi connectivity index (χ0v) is 257. The average molecular weight is 3290 g/mol. The molecular weight excluding hydrogens is 3210 g/mol. The molecule has 0 radical (unpaired) electrons. The minimum atomic E-state index is 0. The van der Waals surface area contributed by atoms with Crippen LogP contribution in [0.4, 0.5) is 0 Å². The second-order valence-corrected chi connectivity index (χ2v) is 24.6. The van der Waals surface area contributed by atoms with Crippen LogP contribution in [-0.2, 0) is 14.2 Å². The number of methoxy groups -OCH3 is 3. The van der Waals surface area contributed by atoms with Crippen molar-refractivity contribution in [1.82, 2.24) is 0 Å². The molecule has 0 unspecified atom stereocenters. The van der Waals surface area contributed by atoms with Gasteiger partial charge in [0, 0.05) is 63.7 Å². The Morgan fingerprint density at radius 1 is 0.204 bits per heavy atom. The van der Waals surface area contributed by atoms with Crippen LogP contribution in [0.3, 0.4) is 0 Å². The number of hydrogen-bond acceptors (Lipinski definition) is 3. The number of fused-ring (bicyclic) bond motifs is 7. The van der Waals surface area contributed by atoms with Crippen molar-refractivity contribution in [2.75, 3.05) is 41.2 Å². The summed E-state index contributed by atoms with van der Waals surface area (Å²) < 4.78 is 17.6. The zero-order valence-electron chi connectivity index (χ0n) is 106. The van der Waals surface area contributed by atoms with Crippen molar-refractivity contribution in [3.63, 3.8) is 0 Å². The van der Waals surface area contributed by atoms with E-state index in [-0.39, 0.29) is 106 Å². The molecule has 0 amide bonds. The van der Waals surface area contributed by atoms with E-state index in [2.05, 4.69) is 328 Å². The molecule has 0 aliphatic rings. The van der Waals surface area contributed by atoms with Crippen LogP contribution < -0.4 is 103 Å². The number of halogens is 2. The van der Waals surface area contributed by atoms with Crippen LogP contribution in [0.25, 0.3) is 93.6 Å². The van der Waals surface area contributed by atoms with Crippen molar-refractivity contribution in [2.45, 2.75) is 0 Å². The number of benzene rings is 15. The van der Waals surface area contributed by atoms with Crippen molar-refractivity contribution in [3.05, 3.63) is 387 Å². The Balaban J connectivity index is -0.0000000891. The Labute approximate surface area is 2040 Å². The van der Waals surface area contributed by atoms with Gasteiger partial charge in [0.2, 0.25) is 0 Å². The predicted molar refractivity (Wildman–Crippen MR) is 697 cm³/mol. The Bertz CT molecular complexity index is 5590. The molecule has 0 saturated heterocycles. The number of hydrogen-bond donors (Lipinski definition) is 0. The molecule has 0 spiro atoms. The quantitative estimate of drug-likeness (QED) is 0.123. The molecule has 0 aliphatic heterocycles. The molecule has 0 atom stereocenters. The Morgan fingerprint density at radius 2 is 0.429 bits per heavy atom. The van der Waals surface area contributed by atoms with Crippen LogP contribution in [0.5, 0.6) is 0 Å². The SMILES string of the molecule is Brc1c2ccccc2cc2ccccc12.Brc1cccc2ccccc12.COC/C=C/c1ccccc1C#Cc1c2ccccc2cc2ccccc12.COC/C=C/c1ccccc1C#Cc1ccc2ccccc2c1.COC/C=C/c1ccccc1C#Cc1cccc2ccccc12.[H-].[H-].[K+].[K+].[K][K].[K][K].[K][K].[K][K].[K][K].[K][K].[K][K].[K][K].[K][K].[K][K].[K][K].[K][K].[K][K].[K][K].[K][K].[K][K].[K][K].[K][K].[K][K].[K][K].[K][K].[K][K].[K][K]. The Kier molecular flexibility index (Phi) is 360. The summed E-state index contributed by atoms with van der Waals surface area (Å²) in [4.78, 5) is 0. The summed E-state index contributed by atoms with van der Waals surface area (Å²) in [6, 6.07) is 106. The van der Waals surface area contributed by atoms with Crippen molar-refractivity contribution in [2.24, 2.45) is 0 Å². The molecule has 15 aromatic carbocycles. The third kappa shape index (κ3) is 141. The van der Waals surface area contributed by atoms with Gasteiger partial charge in [-0.1, -0.05) is 343 Å². The van der Waals surface area contributed by atoms with Gasteiger partial charge in [-0.25, -0.2) is 0 Å². The maximum atomic E-state index is 5.11. The molecule has 147 heavy (non-hydrogen) atoms. The summed E-state index contributed by atoms with van der Waals surface area (Å²) >= 11 is 64.7. The van der Waals surface area contributed by atoms with Gasteiger partial charge < -0.3 is 17.1 Å². The van der Waals surface area contributed by atoms with Crippen molar-refractivity contribution >= 4 is 1580 Å². The molecule has 0 aromatic heterocycles. The van der Waals surface area contributed by atoms with E-state index in [0.717, 1.165) is 54.5 Å². The maximum absolute atomic E-state index is 5.11. The molecule has 3 nitrogen and oxygen atoms in total. The van der Waals surface area contributed by atoms with Crippen LogP contribution in [0.2, 0.25) is 0 Å². The number of ether oxygens (including phenoxy) is 3. The van der Waals surface area contributed by atoms with E-state index in [0.29, 0.717) is 19.8 Å². The van der Waals surface area contributed by atoms with E-state index in [1.54, 1.807) is 21.3 Å². The van der Waals surface area contributed by atoms with Gasteiger partial charge in [0.05, 0.1) is 19.8 Å². The molecule has 53 heteroatoms. The Hall–Kier alpha value is 67.4. The van der Waals surface area contributed by atoms with Crippen LogP contribution in [0.1, 0.15) is 52.9 Å². The van der Waals surface area contributed by atoms with Crippen molar-refractivity contribution in [1.29, 1.82) is 0 Å². The average Bonchev–Trinajstić information content (AvgIpc) is 0.773. The van der Waals surface area contributed by atoms with Crippen molar-refractivity contribution < 1.29 is 120 Å². The molecule has 15 aromatic rings. The molecule has 0 N–H and O–H groups in total. The first-order valence-corrected chi connectivity index (χ1v) is 425. The summed E-state index contributed by atoms with van der Waals surface area (Å²) in [5.74, 6) is 20.0. The second-order valence-electron chi connectivity index (χ2n) is 23.0. The second kappa shape index (κ2) is 215. The molecule has 0 fully saturated rings. The first-order chi connectivity index (χ1) is 71.8. The molecule has 0 aliphatic carbocycles. The molecule has 0 heterocycles. The van der Waals surface area contributed by atoms with E-state index >= 15 is 0 Å². The fraction of sp³-hybridized carbons (Fsp3) is 0.0638. The molecule has 0 bridgehead atoms. The summed E-state index contributed by atoms with van der Waals surface area (Å²) in [6.45, 7) is 1.80. The van der Waals surface area contributed by atoms with E-state index < -0.39 is 0 Å². The van der Waals surface area contributed by atoms with Gasteiger partial charge >= 0.3 is 1560 Å².